The SMILES string of the molecule is OC1CCC2(CCCC2)C1. The normalized spacial score (nSPS) is 37.5. The highest BCUT2D eigenvalue weighted by Crippen LogP contribution is 2.50. The minimum atomic E-state index is 0.0399. The van der Waals surface area contributed by atoms with Crippen molar-refractivity contribution in [1.82, 2.24) is 0 Å². The minimum Gasteiger partial charge on any atom is -0.393 e. The summed E-state index contributed by atoms with van der Waals surface area (Å²) in [6, 6.07) is 0. The zero-order chi connectivity index (χ0) is 7.03. The van der Waals surface area contributed by atoms with Gasteiger partial charge in [-0.2, -0.15) is 0 Å². The molecule has 2 rings (SSSR count). The Morgan fingerprint density at radius 3 is 2.30 bits per heavy atom. The quantitative estimate of drug-likeness (QED) is 0.546. The van der Waals surface area contributed by atoms with Crippen molar-refractivity contribution in [3.05, 3.63) is 0 Å². The Morgan fingerprint density at radius 2 is 1.80 bits per heavy atom. The van der Waals surface area contributed by atoms with Crippen molar-refractivity contribution < 1.29 is 5.11 Å². The van der Waals surface area contributed by atoms with E-state index in [0.29, 0.717) is 5.41 Å². The summed E-state index contributed by atoms with van der Waals surface area (Å²) in [7, 11) is 0. The summed E-state index contributed by atoms with van der Waals surface area (Å²) in [5, 5.41) is 9.35. The average Bonchev–Trinajstić information content (AvgIpc) is 2.46. The molecule has 0 aromatic rings. The Balaban J connectivity index is 2.03. The third-order valence-corrected chi connectivity index (χ3v) is 3.34. The van der Waals surface area contributed by atoms with E-state index in [0.717, 1.165) is 12.8 Å². The van der Waals surface area contributed by atoms with Crippen LogP contribution in [0, 0.1) is 5.41 Å². The lowest BCUT2D eigenvalue weighted by atomic mass is 9.85. The van der Waals surface area contributed by atoms with Crippen LogP contribution in [0.2, 0.25) is 0 Å². The van der Waals surface area contributed by atoms with Crippen molar-refractivity contribution in [2.24, 2.45) is 5.41 Å². The van der Waals surface area contributed by atoms with Gasteiger partial charge >= 0.3 is 0 Å². The van der Waals surface area contributed by atoms with Crippen molar-refractivity contribution in [3.63, 3.8) is 0 Å². The van der Waals surface area contributed by atoms with E-state index in [1.165, 1.54) is 32.1 Å². The molecule has 0 aromatic heterocycles. The van der Waals surface area contributed by atoms with E-state index in [4.69, 9.17) is 0 Å². The van der Waals surface area contributed by atoms with Gasteiger partial charge in [0.15, 0.2) is 0 Å². The summed E-state index contributed by atoms with van der Waals surface area (Å²) in [5.41, 5.74) is 0.611. The summed E-state index contributed by atoms with van der Waals surface area (Å²) < 4.78 is 0. The van der Waals surface area contributed by atoms with Crippen LogP contribution in [0.1, 0.15) is 44.9 Å². The minimum absolute atomic E-state index is 0.0399. The molecule has 0 radical (unpaired) electrons. The molecule has 0 amide bonds. The van der Waals surface area contributed by atoms with Gasteiger partial charge in [0.1, 0.15) is 0 Å². The first-order valence-corrected chi connectivity index (χ1v) is 4.49. The largest absolute Gasteiger partial charge is 0.393 e. The van der Waals surface area contributed by atoms with Gasteiger partial charge in [-0.1, -0.05) is 12.8 Å². The summed E-state index contributed by atoms with van der Waals surface area (Å²) in [6.07, 6.45) is 9.12. The lowest BCUT2D eigenvalue weighted by molar-refractivity contribution is 0.160. The second kappa shape index (κ2) is 2.23. The highest BCUT2D eigenvalue weighted by Gasteiger charge is 2.40. The summed E-state index contributed by atoms with van der Waals surface area (Å²) in [5.74, 6) is 0. The Morgan fingerprint density at radius 1 is 1.10 bits per heavy atom. The van der Waals surface area contributed by atoms with Crippen LogP contribution in [0.4, 0.5) is 0 Å². The zero-order valence-corrected chi connectivity index (χ0v) is 6.47. The highest BCUT2D eigenvalue weighted by molar-refractivity contribution is 4.92. The van der Waals surface area contributed by atoms with Gasteiger partial charge in [-0.3, -0.25) is 0 Å². The zero-order valence-electron chi connectivity index (χ0n) is 6.47. The van der Waals surface area contributed by atoms with Crippen LogP contribution in [0.15, 0.2) is 0 Å². The van der Waals surface area contributed by atoms with Crippen LogP contribution >= 0.6 is 0 Å². The van der Waals surface area contributed by atoms with Crippen molar-refractivity contribution in [1.29, 1.82) is 0 Å². The number of rotatable bonds is 0. The number of hydrogen-bond acceptors (Lipinski definition) is 1. The Hall–Kier alpha value is -0.0400. The molecule has 0 aliphatic heterocycles. The van der Waals surface area contributed by atoms with Crippen LogP contribution in [0.25, 0.3) is 0 Å². The van der Waals surface area contributed by atoms with Gasteiger partial charge < -0.3 is 5.11 Å². The third-order valence-electron chi connectivity index (χ3n) is 3.34. The number of aliphatic hydroxyl groups is 1. The maximum Gasteiger partial charge on any atom is 0.0545 e. The third kappa shape index (κ3) is 0.968. The molecule has 2 fully saturated rings. The molecule has 1 spiro atoms. The molecule has 0 heterocycles. The van der Waals surface area contributed by atoms with Crippen molar-refractivity contribution in [2.75, 3.05) is 0 Å². The van der Waals surface area contributed by atoms with Crippen molar-refractivity contribution in [3.8, 4) is 0 Å². The van der Waals surface area contributed by atoms with Gasteiger partial charge in [0.2, 0.25) is 0 Å². The van der Waals surface area contributed by atoms with Gasteiger partial charge in [-0.05, 0) is 37.5 Å². The second-order valence-electron chi connectivity index (χ2n) is 4.10. The van der Waals surface area contributed by atoms with Gasteiger partial charge in [-0.25, -0.2) is 0 Å². The number of hydrogen-bond donors (Lipinski definition) is 1. The number of aliphatic hydroxyl groups excluding tert-OH is 1. The van der Waals surface area contributed by atoms with Gasteiger partial charge in [0, 0.05) is 0 Å². The Bertz CT molecular complexity index is 125. The fraction of sp³-hybridized carbons (Fsp3) is 1.00. The molecular weight excluding hydrogens is 124 g/mol. The fourth-order valence-electron chi connectivity index (χ4n) is 2.76. The molecule has 1 unspecified atom stereocenters. The first-order chi connectivity index (χ1) is 4.81. The first-order valence-electron chi connectivity index (χ1n) is 4.49. The summed E-state index contributed by atoms with van der Waals surface area (Å²) in [6.45, 7) is 0. The Labute approximate surface area is 62.4 Å². The molecule has 1 heteroatoms. The molecule has 1 atom stereocenters. The molecule has 58 valence electrons. The first kappa shape index (κ1) is 6.66. The maximum absolute atomic E-state index is 9.35. The molecule has 0 aromatic carbocycles. The van der Waals surface area contributed by atoms with Crippen LogP contribution in [0.5, 0.6) is 0 Å². The fourth-order valence-corrected chi connectivity index (χ4v) is 2.76. The Kier molecular flexibility index (Phi) is 1.48. The summed E-state index contributed by atoms with van der Waals surface area (Å²) >= 11 is 0. The monoisotopic (exact) mass is 140 g/mol. The smallest absolute Gasteiger partial charge is 0.0545 e. The van der Waals surface area contributed by atoms with Crippen molar-refractivity contribution in [2.45, 2.75) is 51.0 Å². The average molecular weight is 140 g/mol. The van der Waals surface area contributed by atoms with Gasteiger partial charge in [0.25, 0.3) is 0 Å². The second-order valence-corrected chi connectivity index (χ2v) is 4.10. The van der Waals surface area contributed by atoms with E-state index < -0.39 is 0 Å². The van der Waals surface area contributed by atoms with E-state index in [2.05, 4.69) is 0 Å². The molecule has 0 saturated heterocycles. The lowest BCUT2D eigenvalue weighted by Gasteiger charge is -2.21. The molecular formula is C9H16O. The topological polar surface area (TPSA) is 20.2 Å². The van der Waals surface area contributed by atoms with E-state index in [9.17, 15) is 5.11 Å². The van der Waals surface area contributed by atoms with Gasteiger partial charge in [0.05, 0.1) is 6.10 Å². The van der Waals surface area contributed by atoms with Crippen LogP contribution in [-0.2, 0) is 0 Å². The van der Waals surface area contributed by atoms with Crippen LogP contribution in [0.3, 0.4) is 0 Å². The van der Waals surface area contributed by atoms with E-state index in [-0.39, 0.29) is 6.10 Å². The standard InChI is InChI=1S/C9H16O/c10-8-3-6-9(7-8)4-1-2-5-9/h8,10H,1-7H2. The van der Waals surface area contributed by atoms with Crippen molar-refractivity contribution >= 4 is 0 Å². The van der Waals surface area contributed by atoms with Crippen LogP contribution < -0.4 is 0 Å². The molecule has 10 heavy (non-hydrogen) atoms. The van der Waals surface area contributed by atoms with Gasteiger partial charge in [-0.15, -0.1) is 0 Å². The molecule has 2 aliphatic carbocycles. The lowest BCUT2D eigenvalue weighted by Crippen LogP contribution is -2.12. The highest BCUT2D eigenvalue weighted by atomic mass is 16.3. The van der Waals surface area contributed by atoms with Crippen LogP contribution in [-0.4, -0.2) is 11.2 Å². The van der Waals surface area contributed by atoms with E-state index >= 15 is 0 Å². The van der Waals surface area contributed by atoms with E-state index in [1.54, 1.807) is 0 Å². The molecule has 2 aliphatic rings. The molecule has 0 bridgehead atoms. The predicted octanol–water partition coefficient (Wildman–Crippen LogP) is 2.09. The molecule has 1 nitrogen and oxygen atoms in total. The summed E-state index contributed by atoms with van der Waals surface area (Å²) in [4.78, 5) is 0. The molecule has 2 saturated carbocycles. The predicted molar refractivity (Wildman–Crippen MR) is 40.8 cm³/mol. The van der Waals surface area contributed by atoms with E-state index in [1.807, 2.05) is 0 Å². The molecule has 1 N–H and O–H groups in total. The maximum atomic E-state index is 9.35.